The molecule has 0 bridgehead atoms. The fraction of sp³-hybridized carbons (Fsp3) is 0.750. The molecule has 0 aliphatic carbocycles. The summed E-state index contributed by atoms with van der Waals surface area (Å²) >= 11 is 1.86. The van der Waals surface area contributed by atoms with Crippen molar-refractivity contribution < 1.29 is 0 Å². The van der Waals surface area contributed by atoms with E-state index in [0.717, 1.165) is 6.42 Å². The Morgan fingerprint density at radius 1 is 1.37 bits per heavy atom. The number of likely N-dealkylation sites (tertiary alicyclic amines) is 1. The Bertz CT molecular complexity index is 370. The lowest BCUT2D eigenvalue weighted by atomic mass is 9.82. The summed E-state index contributed by atoms with van der Waals surface area (Å²) in [5, 5.41) is 2.17. The van der Waals surface area contributed by atoms with Gasteiger partial charge in [0.1, 0.15) is 0 Å². The van der Waals surface area contributed by atoms with Gasteiger partial charge in [0.2, 0.25) is 0 Å². The molecule has 0 spiro atoms. The average molecular weight is 280 g/mol. The molecule has 0 amide bonds. The fourth-order valence-electron chi connectivity index (χ4n) is 3.38. The van der Waals surface area contributed by atoms with Crippen molar-refractivity contribution in [3.05, 3.63) is 22.4 Å². The van der Waals surface area contributed by atoms with E-state index in [1.165, 1.54) is 37.2 Å². The molecule has 1 aliphatic heterocycles. The zero-order valence-electron chi connectivity index (χ0n) is 12.6. The molecular weight excluding hydrogens is 252 g/mol. The van der Waals surface area contributed by atoms with Crippen molar-refractivity contribution >= 4 is 11.3 Å². The van der Waals surface area contributed by atoms with Crippen LogP contribution in [0, 0.1) is 5.41 Å². The van der Waals surface area contributed by atoms with Crippen molar-refractivity contribution in [3.8, 4) is 0 Å². The molecule has 2 N–H and O–H groups in total. The van der Waals surface area contributed by atoms with E-state index in [1.54, 1.807) is 0 Å². The van der Waals surface area contributed by atoms with Gasteiger partial charge < -0.3 is 5.73 Å². The normalized spacial score (nSPS) is 22.5. The highest BCUT2D eigenvalue weighted by Crippen LogP contribution is 2.42. The lowest BCUT2D eigenvalue weighted by molar-refractivity contribution is 0.174. The van der Waals surface area contributed by atoms with E-state index >= 15 is 0 Å². The van der Waals surface area contributed by atoms with Crippen LogP contribution in [0.15, 0.2) is 17.5 Å². The first-order valence-electron chi connectivity index (χ1n) is 7.68. The average Bonchev–Trinajstić information content (AvgIpc) is 3.09. The Kier molecular flexibility index (Phi) is 5.04. The third-order valence-electron chi connectivity index (χ3n) is 5.07. The molecule has 1 aromatic rings. The summed E-state index contributed by atoms with van der Waals surface area (Å²) in [6.45, 7) is 9.31. The van der Waals surface area contributed by atoms with Crippen LogP contribution in [-0.4, -0.2) is 24.0 Å². The Hall–Kier alpha value is -0.380. The Morgan fingerprint density at radius 2 is 2.11 bits per heavy atom. The second-order valence-corrected chi connectivity index (χ2v) is 6.94. The maximum atomic E-state index is 6.42. The van der Waals surface area contributed by atoms with Crippen molar-refractivity contribution in [3.63, 3.8) is 0 Å². The maximum Gasteiger partial charge on any atom is 0.0593 e. The summed E-state index contributed by atoms with van der Waals surface area (Å²) in [6.07, 6.45) is 4.96. The van der Waals surface area contributed by atoms with Gasteiger partial charge in [-0.25, -0.2) is 0 Å². The van der Waals surface area contributed by atoms with Crippen LogP contribution in [-0.2, 0) is 0 Å². The summed E-state index contributed by atoms with van der Waals surface area (Å²) in [5.41, 5.74) is 6.96. The third kappa shape index (κ3) is 3.04. The van der Waals surface area contributed by atoms with Gasteiger partial charge in [0.05, 0.1) is 6.04 Å². The quantitative estimate of drug-likeness (QED) is 0.852. The molecule has 2 rings (SSSR count). The molecule has 2 atom stereocenters. The first-order valence-corrected chi connectivity index (χ1v) is 8.56. The second-order valence-electron chi connectivity index (χ2n) is 5.96. The van der Waals surface area contributed by atoms with Gasteiger partial charge in [-0.1, -0.05) is 26.8 Å². The molecule has 0 saturated carbocycles. The van der Waals surface area contributed by atoms with Crippen LogP contribution in [0.1, 0.15) is 57.4 Å². The van der Waals surface area contributed by atoms with E-state index in [4.69, 9.17) is 5.73 Å². The van der Waals surface area contributed by atoms with Crippen molar-refractivity contribution in [2.24, 2.45) is 11.1 Å². The van der Waals surface area contributed by atoms with Gasteiger partial charge in [-0.2, -0.15) is 0 Å². The topological polar surface area (TPSA) is 29.3 Å². The summed E-state index contributed by atoms with van der Waals surface area (Å²) in [7, 11) is 0. The highest BCUT2D eigenvalue weighted by atomic mass is 32.1. The lowest BCUT2D eigenvalue weighted by Gasteiger charge is -2.34. The van der Waals surface area contributed by atoms with Crippen LogP contribution in [0.5, 0.6) is 0 Å². The zero-order chi connectivity index (χ0) is 13.9. The summed E-state index contributed by atoms with van der Waals surface area (Å²) in [5.74, 6) is 0. The molecule has 1 aliphatic rings. The van der Waals surface area contributed by atoms with Crippen LogP contribution in [0.4, 0.5) is 0 Å². The molecule has 1 aromatic heterocycles. The molecule has 0 aromatic carbocycles. The van der Waals surface area contributed by atoms with Gasteiger partial charge in [0, 0.05) is 17.5 Å². The molecule has 108 valence electrons. The Morgan fingerprint density at radius 3 is 2.58 bits per heavy atom. The molecule has 3 heteroatoms. The molecular formula is C16H28N2S. The minimum absolute atomic E-state index is 0.253. The lowest BCUT2D eigenvalue weighted by Crippen LogP contribution is -2.40. The van der Waals surface area contributed by atoms with E-state index in [2.05, 4.69) is 43.2 Å². The maximum absolute atomic E-state index is 6.42. The standard InChI is InChI=1S/C16H28N2S/c1-4-13(17)15(14-8-7-11-19-14)18-10-9-16(5-2,6-3)12-18/h7-8,11,13,15H,4-6,9-10,12,17H2,1-3H3. The number of nitrogens with two attached hydrogens (primary N) is 1. The van der Waals surface area contributed by atoms with Gasteiger partial charge in [0.25, 0.3) is 0 Å². The largest absolute Gasteiger partial charge is 0.326 e. The molecule has 2 heterocycles. The van der Waals surface area contributed by atoms with Gasteiger partial charge in [-0.3, -0.25) is 4.90 Å². The first-order chi connectivity index (χ1) is 9.15. The van der Waals surface area contributed by atoms with Crippen LogP contribution < -0.4 is 5.73 Å². The highest BCUT2D eigenvalue weighted by molar-refractivity contribution is 7.10. The first kappa shape index (κ1) is 15.0. The van der Waals surface area contributed by atoms with Crippen molar-refractivity contribution in [2.45, 2.75) is 58.5 Å². The van der Waals surface area contributed by atoms with Crippen molar-refractivity contribution in [2.75, 3.05) is 13.1 Å². The summed E-state index contributed by atoms with van der Waals surface area (Å²) in [4.78, 5) is 4.09. The van der Waals surface area contributed by atoms with Crippen LogP contribution in [0.2, 0.25) is 0 Å². The van der Waals surface area contributed by atoms with Gasteiger partial charge in [-0.15, -0.1) is 11.3 Å². The molecule has 1 saturated heterocycles. The van der Waals surface area contributed by atoms with E-state index in [9.17, 15) is 0 Å². The Labute approximate surface area is 122 Å². The third-order valence-corrected chi connectivity index (χ3v) is 6.02. The highest BCUT2D eigenvalue weighted by Gasteiger charge is 2.39. The van der Waals surface area contributed by atoms with Crippen LogP contribution >= 0.6 is 11.3 Å². The van der Waals surface area contributed by atoms with E-state index in [-0.39, 0.29) is 6.04 Å². The summed E-state index contributed by atoms with van der Waals surface area (Å²) < 4.78 is 0. The van der Waals surface area contributed by atoms with E-state index in [0.29, 0.717) is 11.5 Å². The smallest absolute Gasteiger partial charge is 0.0593 e. The van der Waals surface area contributed by atoms with E-state index in [1.807, 2.05) is 11.3 Å². The molecule has 1 fully saturated rings. The number of thiophene rings is 1. The summed E-state index contributed by atoms with van der Waals surface area (Å²) in [6, 6.07) is 5.08. The molecule has 2 nitrogen and oxygen atoms in total. The molecule has 0 radical (unpaired) electrons. The SMILES string of the molecule is CCC(N)C(c1cccs1)N1CCC(CC)(CC)C1. The Balaban J connectivity index is 2.17. The van der Waals surface area contributed by atoms with Crippen LogP contribution in [0.3, 0.4) is 0 Å². The number of nitrogens with zero attached hydrogens (tertiary/aromatic N) is 1. The van der Waals surface area contributed by atoms with Gasteiger partial charge in [0.15, 0.2) is 0 Å². The van der Waals surface area contributed by atoms with Crippen LogP contribution in [0.25, 0.3) is 0 Å². The van der Waals surface area contributed by atoms with Gasteiger partial charge in [-0.05, 0) is 49.1 Å². The fourth-order valence-corrected chi connectivity index (χ4v) is 4.31. The van der Waals surface area contributed by atoms with Crippen molar-refractivity contribution in [1.82, 2.24) is 4.90 Å². The molecule has 19 heavy (non-hydrogen) atoms. The minimum Gasteiger partial charge on any atom is -0.326 e. The van der Waals surface area contributed by atoms with E-state index < -0.39 is 0 Å². The molecule has 2 unspecified atom stereocenters. The van der Waals surface area contributed by atoms with Gasteiger partial charge >= 0.3 is 0 Å². The predicted molar refractivity (Wildman–Crippen MR) is 84.5 cm³/mol. The zero-order valence-corrected chi connectivity index (χ0v) is 13.4. The number of rotatable bonds is 6. The minimum atomic E-state index is 0.253. The second kappa shape index (κ2) is 6.38. The predicted octanol–water partition coefficient (Wildman–Crippen LogP) is 4.04. The van der Waals surface area contributed by atoms with Crippen molar-refractivity contribution in [1.29, 1.82) is 0 Å². The number of hydrogen-bond donors (Lipinski definition) is 1. The monoisotopic (exact) mass is 280 g/mol. The number of hydrogen-bond acceptors (Lipinski definition) is 3.